The van der Waals surface area contributed by atoms with E-state index in [0.29, 0.717) is 12.0 Å². The predicted molar refractivity (Wildman–Crippen MR) is 81.9 cm³/mol. The Morgan fingerprint density at radius 1 is 0.765 bits per heavy atom. The summed E-state index contributed by atoms with van der Waals surface area (Å²) in [5.74, 6) is 0.699. The molecule has 2 heteroatoms. The highest BCUT2D eigenvalue weighted by molar-refractivity contribution is 5.85. The number of unbranched alkanes of at least 4 members (excludes halogenated alkanes) is 8. The molecule has 2 unspecified atom stereocenters. The number of halogens is 1. The third-order valence-electron chi connectivity index (χ3n) is 3.66. The van der Waals surface area contributed by atoms with E-state index >= 15 is 0 Å². The van der Waals surface area contributed by atoms with Gasteiger partial charge >= 0.3 is 0 Å². The first-order valence-electron chi connectivity index (χ1n) is 7.44. The molecule has 0 aliphatic rings. The van der Waals surface area contributed by atoms with E-state index in [-0.39, 0.29) is 12.4 Å². The van der Waals surface area contributed by atoms with E-state index in [2.05, 4.69) is 20.8 Å². The number of nitrogens with two attached hydrogens (primary N) is 1. The first-order chi connectivity index (χ1) is 7.68. The van der Waals surface area contributed by atoms with Gasteiger partial charge in [0.15, 0.2) is 0 Å². The SMILES string of the molecule is CCCCCCCCCCCC(C)C(C)N.Cl. The Balaban J connectivity index is 0. The highest BCUT2D eigenvalue weighted by Crippen LogP contribution is 2.14. The van der Waals surface area contributed by atoms with Crippen LogP contribution in [0.1, 0.15) is 85.0 Å². The highest BCUT2D eigenvalue weighted by Gasteiger charge is 2.05. The third-order valence-corrected chi connectivity index (χ3v) is 3.66. The number of hydrogen-bond donors (Lipinski definition) is 1. The van der Waals surface area contributed by atoms with Crippen LogP contribution in [0, 0.1) is 5.92 Å². The fourth-order valence-corrected chi connectivity index (χ4v) is 2.04. The Hall–Kier alpha value is 0.250. The maximum absolute atomic E-state index is 5.84. The molecule has 17 heavy (non-hydrogen) atoms. The fraction of sp³-hybridized carbons (Fsp3) is 1.00. The van der Waals surface area contributed by atoms with Crippen LogP contribution in [0.2, 0.25) is 0 Å². The second kappa shape index (κ2) is 14.3. The predicted octanol–water partition coefficient (Wildman–Crippen LogP) is 5.31. The van der Waals surface area contributed by atoms with Gasteiger partial charge in [-0.25, -0.2) is 0 Å². The van der Waals surface area contributed by atoms with Gasteiger partial charge < -0.3 is 5.73 Å². The summed E-state index contributed by atoms with van der Waals surface area (Å²) in [6, 6.07) is 0.369. The maximum Gasteiger partial charge on any atom is 0.00361 e. The van der Waals surface area contributed by atoms with Gasteiger partial charge in [0.1, 0.15) is 0 Å². The second-order valence-corrected chi connectivity index (χ2v) is 5.45. The minimum atomic E-state index is 0. The molecule has 1 nitrogen and oxygen atoms in total. The lowest BCUT2D eigenvalue weighted by Crippen LogP contribution is -2.23. The van der Waals surface area contributed by atoms with Crippen molar-refractivity contribution in [1.82, 2.24) is 0 Å². The summed E-state index contributed by atoms with van der Waals surface area (Å²) < 4.78 is 0. The quantitative estimate of drug-likeness (QED) is 0.502. The van der Waals surface area contributed by atoms with Crippen LogP contribution in [-0.2, 0) is 0 Å². The molecule has 0 aromatic heterocycles. The van der Waals surface area contributed by atoms with E-state index in [0.717, 1.165) is 0 Å². The molecule has 106 valence electrons. The van der Waals surface area contributed by atoms with E-state index in [9.17, 15) is 0 Å². The minimum Gasteiger partial charge on any atom is -0.328 e. The van der Waals surface area contributed by atoms with Crippen molar-refractivity contribution in [3.05, 3.63) is 0 Å². The lowest BCUT2D eigenvalue weighted by molar-refractivity contribution is 0.423. The topological polar surface area (TPSA) is 26.0 Å². The molecule has 2 N–H and O–H groups in total. The summed E-state index contributed by atoms with van der Waals surface area (Å²) >= 11 is 0. The van der Waals surface area contributed by atoms with Crippen molar-refractivity contribution in [2.75, 3.05) is 0 Å². The summed E-state index contributed by atoms with van der Waals surface area (Å²) in [4.78, 5) is 0. The van der Waals surface area contributed by atoms with Gasteiger partial charge in [-0.2, -0.15) is 0 Å². The minimum absolute atomic E-state index is 0. The lowest BCUT2D eigenvalue weighted by Gasteiger charge is -2.14. The molecule has 0 aliphatic carbocycles. The first kappa shape index (κ1) is 19.6. The summed E-state index contributed by atoms with van der Waals surface area (Å²) in [6.07, 6.45) is 14.1. The van der Waals surface area contributed by atoms with Gasteiger partial charge in [-0.15, -0.1) is 12.4 Å². The normalized spacial score (nSPS) is 14.1. The molecule has 0 amide bonds. The zero-order valence-corrected chi connectivity index (χ0v) is 13.0. The van der Waals surface area contributed by atoms with E-state index in [1.165, 1.54) is 64.2 Å². The summed E-state index contributed by atoms with van der Waals surface area (Å²) in [7, 11) is 0. The Morgan fingerprint density at radius 2 is 1.18 bits per heavy atom. The molecule has 0 aromatic carbocycles. The van der Waals surface area contributed by atoms with Crippen LogP contribution in [0.4, 0.5) is 0 Å². The van der Waals surface area contributed by atoms with E-state index in [1.807, 2.05) is 0 Å². The highest BCUT2D eigenvalue weighted by atomic mass is 35.5. The molecule has 0 saturated heterocycles. The van der Waals surface area contributed by atoms with E-state index in [4.69, 9.17) is 5.73 Å². The zero-order chi connectivity index (χ0) is 12.2. The Kier molecular flexibility index (Phi) is 16.5. The van der Waals surface area contributed by atoms with Crippen molar-refractivity contribution in [1.29, 1.82) is 0 Å². The van der Waals surface area contributed by atoms with Gasteiger partial charge in [-0.3, -0.25) is 0 Å². The third kappa shape index (κ3) is 14.2. The first-order valence-corrected chi connectivity index (χ1v) is 7.44. The van der Waals surface area contributed by atoms with Crippen LogP contribution < -0.4 is 5.73 Å². The van der Waals surface area contributed by atoms with Crippen molar-refractivity contribution < 1.29 is 0 Å². The van der Waals surface area contributed by atoms with Crippen molar-refractivity contribution in [2.45, 2.75) is 91.0 Å². The maximum atomic E-state index is 5.84. The Bertz CT molecular complexity index is 137. The fourth-order valence-electron chi connectivity index (χ4n) is 2.04. The van der Waals surface area contributed by atoms with Gasteiger partial charge in [-0.05, 0) is 19.3 Å². The van der Waals surface area contributed by atoms with E-state index in [1.54, 1.807) is 0 Å². The molecule has 0 bridgehead atoms. The van der Waals surface area contributed by atoms with Gasteiger partial charge in [0, 0.05) is 6.04 Å². The molecule has 0 radical (unpaired) electrons. The average molecular weight is 264 g/mol. The Morgan fingerprint density at radius 3 is 1.59 bits per heavy atom. The van der Waals surface area contributed by atoms with Crippen molar-refractivity contribution >= 4 is 12.4 Å². The lowest BCUT2D eigenvalue weighted by atomic mass is 9.96. The van der Waals surface area contributed by atoms with Gasteiger partial charge in [0.05, 0.1) is 0 Å². The molecule has 0 heterocycles. The smallest absolute Gasteiger partial charge is 0.00361 e. The molecular formula is C15H34ClN. The largest absolute Gasteiger partial charge is 0.328 e. The van der Waals surface area contributed by atoms with Gasteiger partial charge in [0.25, 0.3) is 0 Å². The monoisotopic (exact) mass is 263 g/mol. The summed E-state index contributed by atoms with van der Waals surface area (Å²) in [5, 5.41) is 0. The van der Waals surface area contributed by atoms with Crippen LogP contribution in [0.25, 0.3) is 0 Å². The van der Waals surface area contributed by atoms with Crippen molar-refractivity contribution in [3.8, 4) is 0 Å². The molecule has 0 fully saturated rings. The van der Waals surface area contributed by atoms with Crippen LogP contribution in [0.3, 0.4) is 0 Å². The van der Waals surface area contributed by atoms with Crippen LogP contribution in [-0.4, -0.2) is 6.04 Å². The van der Waals surface area contributed by atoms with Crippen LogP contribution in [0.15, 0.2) is 0 Å². The number of hydrogen-bond acceptors (Lipinski definition) is 1. The van der Waals surface area contributed by atoms with Crippen molar-refractivity contribution in [3.63, 3.8) is 0 Å². The van der Waals surface area contributed by atoms with Crippen LogP contribution in [0.5, 0.6) is 0 Å². The average Bonchev–Trinajstić information content (AvgIpc) is 2.26. The van der Waals surface area contributed by atoms with Crippen LogP contribution >= 0.6 is 12.4 Å². The molecule has 0 aliphatic heterocycles. The molecule has 2 atom stereocenters. The van der Waals surface area contributed by atoms with E-state index < -0.39 is 0 Å². The molecule has 0 aromatic rings. The molecule has 0 rings (SSSR count). The number of rotatable bonds is 11. The second-order valence-electron chi connectivity index (χ2n) is 5.45. The summed E-state index contributed by atoms with van der Waals surface area (Å²) in [6.45, 7) is 6.67. The molecular weight excluding hydrogens is 230 g/mol. The Labute approximate surface area is 115 Å². The standard InChI is InChI=1S/C15H33N.ClH/c1-4-5-6-7-8-9-10-11-12-13-14(2)15(3)16;/h14-15H,4-13,16H2,1-3H3;1H. The van der Waals surface area contributed by atoms with Crippen molar-refractivity contribution in [2.24, 2.45) is 11.7 Å². The zero-order valence-electron chi connectivity index (χ0n) is 12.2. The molecule has 0 saturated carbocycles. The summed E-state index contributed by atoms with van der Waals surface area (Å²) in [5.41, 5.74) is 5.84. The molecule has 0 spiro atoms. The van der Waals surface area contributed by atoms with Gasteiger partial charge in [-0.1, -0.05) is 71.6 Å². The van der Waals surface area contributed by atoms with Gasteiger partial charge in [0.2, 0.25) is 0 Å².